The first-order chi connectivity index (χ1) is 12.9. The van der Waals surface area contributed by atoms with Crippen LogP contribution >= 0.6 is 22.6 Å². The Balaban J connectivity index is 1.59. The highest BCUT2D eigenvalue weighted by Crippen LogP contribution is 2.31. The molecule has 0 saturated heterocycles. The molecular weight excluding hydrogens is 467 g/mol. The molecule has 2 heterocycles. The number of imidazole rings is 1. The van der Waals surface area contributed by atoms with E-state index < -0.39 is 17.7 Å². The average Bonchev–Trinajstić information content (AvgIpc) is 3.08. The van der Waals surface area contributed by atoms with E-state index >= 15 is 0 Å². The summed E-state index contributed by atoms with van der Waals surface area (Å²) in [7, 11) is 1.42. The largest absolute Gasteiger partial charge is 0.445 e. The summed E-state index contributed by atoms with van der Waals surface area (Å²) in [5, 5.41) is 9.43. The number of nitrogens with zero attached hydrogens (tertiary/aromatic N) is 5. The molecule has 0 aliphatic heterocycles. The summed E-state index contributed by atoms with van der Waals surface area (Å²) >= 11 is 2.23. The maximum Gasteiger partial charge on any atom is 0.414 e. The van der Waals surface area contributed by atoms with Gasteiger partial charge in [0.1, 0.15) is 12.9 Å². The van der Waals surface area contributed by atoms with Gasteiger partial charge in [0.2, 0.25) is 0 Å². The van der Waals surface area contributed by atoms with E-state index in [0.29, 0.717) is 5.92 Å². The third kappa shape index (κ3) is 4.23. The van der Waals surface area contributed by atoms with Crippen LogP contribution in [0.5, 0.6) is 0 Å². The molecule has 0 bridgehead atoms. The molecule has 11 heteroatoms. The Morgan fingerprint density at radius 2 is 2.26 bits per heavy atom. The highest BCUT2D eigenvalue weighted by molar-refractivity contribution is 14.1. The number of aryl methyl sites for hydroxylation is 1. The van der Waals surface area contributed by atoms with Gasteiger partial charge in [0.15, 0.2) is 11.3 Å². The molecule has 3 rings (SSSR count). The Morgan fingerprint density at radius 1 is 1.48 bits per heavy atom. The Bertz CT molecular complexity index is 1010. The summed E-state index contributed by atoms with van der Waals surface area (Å²) in [6.45, 7) is 4.07. The van der Waals surface area contributed by atoms with Crippen LogP contribution in [-0.2, 0) is 11.8 Å². The molecule has 1 N–H and O–H groups in total. The molecule has 0 spiro atoms. The van der Waals surface area contributed by atoms with Crippen molar-refractivity contribution in [3.63, 3.8) is 0 Å². The van der Waals surface area contributed by atoms with Gasteiger partial charge in [0.05, 0.1) is 0 Å². The zero-order valence-electron chi connectivity index (χ0n) is 14.5. The van der Waals surface area contributed by atoms with E-state index in [-0.39, 0.29) is 17.9 Å². The molecule has 2 aromatic rings. The molecule has 27 heavy (non-hydrogen) atoms. The summed E-state index contributed by atoms with van der Waals surface area (Å²) in [6.07, 6.45) is 4.96. The van der Waals surface area contributed by atoms with Crippen LogP contribution < -0.4 is 11.0 Å². The minimum atomic E-state index is -0.890. The van der Waals surface area contributed by atoms with Crippen molar-refractivity contribution in [2.24, 2.45) is 13.0 Å². The van der Waals surface area contributed by atoms with Crippen molar-refractivity contribution in [2.75, 3.05) is 6.61 Å². The first-order valence-electron chi connectivity index (χ1n) is 8.14. The number of carbonyl (C=O) groups is 2. The quantitative estimate of drug-likeness (QED) is 0.514. The predicted octanol–water partition coefficient (Wildman–Crippen LogP) is 1.36. The number of imide groups is 1. The second-order valence-electron chi connectivity index (χ2n) is 6.09. The average molecular weight is 484 g/mol. The monoisotopic (exact) mass is 484 g/mol. The van der Waals surface area contributed by atoms with Crippen LogP contribution in [0.3, 0.4) is 0 Å². The second kappa shape index (κ2) is 7.98. The molecule has 1 atom stereocenters. The van der Waals surface area contributed by atoms with Crippen LogP contribution in [0.4, 0.5) is 4.79 Å². The van der Waals surface area contributed by atoms with Crippen LogP contribution in [0.15, 0.2) is 32.9 Å². The standard InChI is InChI=1S/C16H17IN6O4/c1-9(17)11-5-3-10(4-6-11)7-27-15(25)19-14(24)12-13-20-21-22(2)16(26)23(13)8-18-12/h3,8,11H,1,4-7H2,2H3,(H,19,24,25)/t11-/m1/s1. The van der Waals surface area contributed by atoms with Gasteiger partial charge >= 0.3 is 11.8 Å². The number of hydrogen-bond donors (Lipinski definition) is 1. The van der Waals surface area contributed by atoms with E-state index in [4.69, 9.17) is 4.74 Å². The fourth-order valence-corrected chi connectivity index (χ4v) is 3.26. The van der Waals surface area contributed by atoms with E-state index in [1.807, 2.05) is 6.08 Å². The number of carbonyl (C=O) groups excluding carboxylic acids is 2. The minimum Gasteiger partial charge on any atom is -0.445 e. The maximum absolute atomic E-state index is 12.2. The van der Waals surface area contributed by atoms with Crippen LogP contribution in [0.2, 0.25) is 0 Å². The van der Waals surface area contributed by atoms with E-state index in [0.717, 1.165) is 43.8 Å². The van der Waals surface area contributed by atoms with Gasteiger partial charge in [0.25, 0.3) is 5.91 Å². The lowest BCUT2D eigenvalue weighted by atomic mass is 9.90. The molecule has 1 aliphatic carbocycles. The normalized spacial score (nSPS) is 16.7. The highest BCUT2D eigenvalue weighted by atomic mass is 127. The molecule has 2 aromatic heterocycles. The molecule has 0 unspecified atom stereocenters. The van der Waals surface area contributed by atoms with Gasteiger partial charge < -0.3 is 4.74 Å². The Hall–Kier alpha value is -2.57. The first kappa shape index (κ1) is 19.2. The number of hydrogen-bond acceptors (Lipinski definition) is 7. The smallest absolute Gasteiger partial charge is 0.414 e. The van der Waals surface area contributed by atoms with Gasteiger partial charge in [-0.25, -0.2) is 19.0 Å². The molecule has 0 fully saturated rings. The SMILES string of the molecule is C=C(I)[C@@H]1CC=C(COC(=O)NC(=O)c2ncn3c(=O)n(C)nnc23)CC1. The topological polar surface area (TPSA) is 120 Å². The zero-order chi connectivity index (χ0) is 19.6. The lowest BCUT2D eigenvalue weighted by Crippen LogP contribution is -2.33. The van der Waals surface area contributed by atoms with Crippen LogP contribution in [0.25, 0.3) is 5.65 Å². The molecule has 10 nitrogen and oxygen atoms in total. The van der Waals surface area contributed by atoms with Crippen molar-refractivity contribution in [1.82, 2.24) is 29.7 Å². The fourth-order valence-electron chi connectivity index (χ4n) is 2.69. The van der Waals surface area contributed by atoms with E-state index in [2.05, 4.69) is 49.8 Å². The number of amides is 2. The minimum absolute atomic E-state index is 0.0385. The van der Waals surface area contributed by atoms with Crippen LogP contribution in [0.1, 0.15) is 29.8 Å². The Kier molecular flexibility index (Phi) is 5.68. The summed E-state index contributed by atoms with van der Waals surface area (Å²) in [4.78, 5) is 39.8. The number of nitrogens with one attached hydrogen (secondary N) is 1. The Morgan fingerprint density at radius 3 is 2.93 bits per heavy atom. The molecular formula is C16H17IN6O4. The molecule has 2 amide bonds. The van der Waals surface area contributed by atoms with Crippen molar-refractivity contribution >= 4 is 40.2 Å². The molecule has 1 aliphatic rings. The lowest BCUT2D eigenvalue weighted by molar-refractivity contribution is 0.0923. The van der Waals surface area contributed by atoms with Crippen molar-refractivity contribution < 1.29 is 14.3 Å². The number of ether oxygens (including phenoxy) is 1. The lowest BCUT2D eigenvalue weighted by Gasteiger charge is -2.21. The summed E-state index contributed by atoms with van der Waals surface area (Å²) in [6, 6.07) is 0. The van der Waals surface area contributed by atoms with Crippen molar-refractivity contribution in [3.8, 4) is 0 Å². The van der Waals surface area contributed by atoms with Gasteiger partial charge in [-0.3, -0.25) is 10.1 Å². The summed E-state index contributed by atoms with van der Waals surface area (Å²) in [5.41, 5.74) is 0.278. The third-order valence-corrected chi connectivity index (χ3v) is 5.15. The van der Waals surface area contributed by atoms with Gasteiger partial charge in [-0.05, 0) is 56.9 Å². The van der Waals surface area contributed by atoms with Crippen LogP contribution in [-0.4, -0.2) is 43.0 Å². The number of fused-ring (bicyclic) bond motifs is 1. The number of aromatic nitrogens is 5. The third-order valence-electron chi connectivity index (χ3n) is 4.27. The van der Waals surface area contributed by atoms with Gasteiger partial charge in [0, 0.05) is 7.05 Å². The fraction of sp³-hybridized carbons (Fsp3) is 0.375. The molecule has 0 radical (unpaired) electrons. The van der Waals surface area contributed by atoms with Gasteiger partial charge in [-0.2, -0.15) is 4.68 Å². The van der Waals surface area contributed by atoms with Crippen molar-refractivity contribution in [2.45, 2.75) is 19.3 Å². The van der Waals surface area contributed by atoms with Gasteiger partial charge in [-0.1, -0.05) is 17.9 Å². The molecule has 0 aromatic carbocycles. The number of allylic oxidation sites excluding steroid dienone is 2. The van der Waals surface area contributed by atoms with Crippen LogP contribution in [0, 0.1) is 5.92 Å². The Labute approximate surface area is 167 Å². The van der Waals surface area contributed by atoms with E-state index in [1.54, 1.807) is 0 Å². The number of alkyl carbamates (subject to hydrolysis) is 1. The van der Waals surface area contributed by atoms with Crippen molar-refractivity contribution in [1.29, 1.82) is 0 Å². The van der Waals surface area contributed by atoms with Gasteiger partial charge in [-0.15, -0.1) is 5.10 Å². The number of rotatable bonds is 4. The van der Waals surface area contributed by atoms with E-state index in [9.17, 15) is 14.4 Å². The second-order valence-corrected chi connectivity index (χ2v) is 7.48. The highest BCUT2D eigenvalue weighted by Gasteiger charge is 2.21. The van der Waals surface area contributed by atoms with Crippen molar-refractivity contribution in [3.05, 3.63) is 44.3 Å². The molecule has 0 saturated carbocycles. The number of halogens is 1. The van der Waals surface area contributed by atoms with E-state index in [1.165, 1.54) is 7.05 Å². The summed E-state index contributed by atoms with van der Waals surface area (Å²) in [5.74, 6) is -0.364. The first-order valence-corrected chi connectivity index (χ1v) is 9.22. The zero-order valence-corrected chi connectivity index (χ0v) is 16.7. The molecule has 142 valence electrons. The maximum atomic E-state index is 12.2. The predicted molar refractivity (Wildman–Crippen MR) is 103 cm³/mol. The summed E-state index contributed by atoms with van der Waals surface area (Å²) < 4.78 is 8.29.